The van der Waals surface area contributed by atoms with Crippen LogP contribution in [0.4, 0.5) is 0 Å². The van der Waals surface area contributed by atoms with Gasteiger partial charge in [-0.25, -0.2) is 0 Å². The second kappa shape index (κ2) is 7.51. The van der Waals surface area contributed by atoms with Gasteiger partial charge in [-0.2, -0.15) is 0 Å². The molecule has 108 valence electrons. The van der Waals surface area contributed by atoms with E-state index in [0.29, 0.717) is 0 Å². The van der Waals surface area contributed by atoms with Crippen LogP contribution in [-0.4, -0.2) is 30.9 Å². The van der Waals surface area contributed by atoms with E-state index in [2.05, 4.69) is 37.4 Å². The molecule has 0 heterocycles. The number of hydrogen-bond donors (Lipinski definition) is 2. The Balaban J connectivity index is 2.29. The minimum atomic E-state index is -0.167. The predicted molar refractivity (Wildman–Crippen MR) is 79.8 cm³/mol. The molecular formula is C16H27NO2. The number of aliphatic hydroxyl groups excluding tert-OH is 1. The number of aliphatic hydroxyl groups is 1. The highest BCUT2D eigenvalue weighted by Gasteiger charge is 2.19. The van der Waals surface area contributed by atoms with Gasteiger partial charge < -0.3 is 15.2 Å². The third-order valence-corrected chi connectivity index (χ3v) is 3.68. The van der Waals surface area contributed by atoms with Crippen molar-refractivity contribution in [1.29, 1.82) is 0 Å². The molecule has 0 amide bonds. The van der Waals surface area contributed by atoms with E-state index >= 15 is 0 Å². The number of rotatable bonds is 8. The Hall–Kier alpha value is -1.06. The quantitative estimate of drug-likeness (QED) is 0.710. The molecule has 0 fully saturated rings. The molecule has 19 heavy (non-hydrogen) atoms. The third-order valence-electron chi connectivity index (χ3n) is 3.68. The van der Waals surface area contributed by atoms with Crippen LogP contribution >= 0.6 is 0 Å². The number of ether oxygens (including phenoxy) is 1. The minimum Gasteiger partial charge on any atom is -0.493 e. The Morgan fingerprint density at radius 3 is 2.63 bits per heavy atom. The number of hydrogen-bond acceptors (Lipinski definition) is 3. The van der Waals surface area contributed by atoms with Crippen molar-refractivity contribution in [1.82, 2.24) is 5.32 Å². The highest BCUT2D eigenvalue weighted by molar-refractivity contribution is 5.35. The first-order valence-corrected chi connectivity index (χ1v) is 7.00. The molecule has 0 bridgehead atoms. The van der Waals surface area contributed by atoms with Gasteiger partial charge in [-0.05, 0) is 64.3 Å². The van der Waals surface area contributed by atoms with Gasteiger partial charge in [0.15, 0.2) is 0 Å². The van der Waals surface area contributed by atoms with Gasteiger partial charge in [-0.1, -0.05) is 12.1 Å². The summed E-state index contributed by atoms with van der Waals surface area (Å²) in [6, 6.07) is 6.27. The Labute approximate surface area is 117 Å². The molecule has 0 spiro atoms. The molecule has 0 aliphatic heterocycles. The summed E-state index contributed by atoms with van der Waals surface area (Å²) < 4.78 is 5.82. The van der Waals surface area contributed by atoms with Gasteiger partial charge in [0.2, 0.25) is 0 Å². The average molecular weight is 265 g/mol. The smallest absolute Gasteiger partial charge is 0.122 e. The van der Waals surface area contributed by atoms with E-state index < -0.39 is 0 Å². The first kappa shape index (κ1) is 16.0. The van der Waals surface area contributed by atoms with Gasteiger partial charge in [-0.3, -0.25) is 0 Å². The Kier molecular flexibility index (Phi) is 6.32. The fourth-order valence-electron chi connectivity index (χ4n) is 1.95. The van der Waals surface area contributed by atoms with Crippen LogP contribution in [0.2, 0.25) is 0 Å². The first-order valence-electron chi connectivity index (χ1n) is 7.00. The lowest BCUT2D eigenvalue weighted by atomic mass is 9.96. The topological polar surface area (TPSA) is 41.5 Å². The van der Waals surface area contributed by atoms with Crippen molar-refractivity contribution >= 4 is 0 Å². The maximum absolute atomic E-state index is 9.29. The third kappa shape index (κ3) is 5.21. The van der Waals surface area contributed by atoms with Crippen molar-refractivity contribution < 1.29 is 9.84 Å². The predicted octanol–water partition coefficient (Wildman–Crippen LogP) is 2.82. The molecule has 1 unspecified atom stereocenters. The van der Waals surface area contributed by atoms with Crippen LogP contribution in [0.25, 0.3) is 0 Å². The molecule has 3 nitrogen and oxygen atoms in total. The largest absolute Gasteiger partial charge is 0.493 e. The van der Waals surface area contributed by atoms with E-state index in [-0.39, 0.29) is 12.1 Å². The lowest BCUT2D eigenvalue weighted by Gasteiger charge is -2.26. The fraction of sp³-hybridized carbons (Fsp3) is 0.625. The summed E-state index contributed by atoms with van der Waals surface area (Å²) in [5.41, 5.74) is 2.24. The molecule has 1 atom stereocenters. The zero-order chi connectivity index (χ0) is 14.3. The van der Waals surface area contributed by atoms with E-state index in [1.807, 2.05) is 14.0 Å². The summed E-state index contributed by atoms with van der Waals surface area (Å²) in [6.45, 7) is 7.08. The zero-order valence-corrected chi connectivity index (χ0v) is 12.6. The minimum absolute atomic E-state index is 0.167. The SMILES string of the molecule is CNC(C)(CO)CCCCOc1cc(C)ccc1C. The number of nitrogens with one attached hydrogen (secondary N) is 1. The van der Waals surface area contributed by atoms with Crippen molar-refractivity contribution in [3.05, 3.63) is 29.3 Å². The van der Waals surface area contributed by atoms with Crippen LogP contribution in [0.5, 0.6) is 5.75 Å². The van der Waals surface area contributed by atoms with E-state index in [1.165, 1.54) is 11.1 Å². The summed E-state index contributed by atoms with van der Waals surface area (Å²) in [6.07, 6.45) is 3.00. The van der Waals surface area contributed by atoms with Crippen molar-refractivity contribution in [3.63, 3.8) is 0 Å². The van der Waals surface area contributed by atoms with Gasteiger partial charge in [0.05, 0.1) is 13.2 Å². The number of unbranched alkanes of at least 4 members (excludes halogenated alkanes) is 1. The van der Waals surface area contributed by atoms with Crippen LogP contribution in [0.15, 0.2) is 18.2 Å². The zero-order valence-electron chi connectivity index (χ0n) is 12.6. The highest BCUT2D eigenvalue weighted by atomic mass is 16.5. The number of likely N-dealkylation sites (N-methyl/N-ethyl adjacent to an activating group) is 1. The Bertz CT molecular complexity index is 386. The van der Waals surface area contributed by atoms with Crippen LogP contribution in [0.3, 0.4) is 0 Å². The van der Waals surface area contributed by atoms with Gasteiger partial charge in [0.1, 0.15) is 5.75 Å². The molecule has 0 radical (unpaired) electrons. The van der Waals surface area contributed by atoms with Gasteiger partial charge >= 0.3 is 0 Å². The van der Waals surface area contributed by atoms with Crippen molar-refractivity contribution in [2.75, 3.05) is 20.3 Å². The van der Waals surface area contributed by atoms with Crippen LogP contribution in [-0.2, 0) is 0 Å². The average Bonchev–Trinajstić information content (AvgIpc) is 2.42. The number of aryl methyl sites for hydroxylation is 2. The summed E-state index contributed by atoms with van der Waals surface area (Å²) in [7, 11) is 1.89. The lowest BCUT2D eigenvalue weighted by molar-refractivity contribution is 0.168. The van der Waals surface area contributed by atoms with E-state index in [0.717, 1.165) is 31.6 Å². The van der Waals surface area contributed by atoms with Gasteiger partial charge in [0.25, 0.3) is 0 Å². The van der Waals surface area contributed by atoms with Crippen molar-refractivity contribution in [3.8, 4) is 5.75 Å². The molecule has 2 N–H and O–H groups in total. The van der Waals surface area contributed by atoms with Gasteiger partial charge in [-0.15, -0.1) is 0 Å². The summed E-state index contributed by atoms with van der Waals surface area (Å²) in [4.78, 5) is 0. The second-order valence-corrected chi connectivity index (χ2v) is 5.54. The molecule has 0 aromatic heterocycles. The van der Waals surface area contributed by atoms with Gasteiger partial charge in [0, 0.05) is 5.54 Å². The summed E-state index contributed by atoms with van der Waals surface area (Å²) >= 11 is 0. The molecule has 1 aromatic rings. The normalized spacial score (nSPS) is 14.2. The van der Waals surface area contributed by atoms with Crippen molar-refractivity contribution in [2.45, 2.75) is 45.6 Å². The molecule has 1 rings (SSSR count). The van der Waals surface area contributed by atoms with E-state index in [4.69, 9.17) is 4.74 Å². The molecular weight excluding hydrogens is 238 g/mol. The maximum atomic E-state index is 9.29. The monoisotopic (exact) mass is 265 g/mol. The molecule has 0 saturated heterocycles. The highest BCUT2D eigenvalue weighted by Crippen LogP contribution is 2.20. The first-order chi connectivity index (χ1) is 9.00. The number of benzene rings is 1. The van der Waals surface area contributed by atoms with Crippen molar-refractivity contribution in [2.24, 2.45) is 0 Å². The standard InChI is InChI=1S/C16H27NO2/c1-13-7-8-14(2)15(11-13)19-10-6-5-9-16(3,12-18)17-4/h7-8,11,17-18H,5-6,9-10,12H2,1-4H3. The summed E-state index contributed by atoms with van der Waals surface area (Å²) in [5.74, 6) is 0.985. The van der Waals surface area contributed by atoms with Crippen LogP contribution in [0, 0.1) is 13.8 Å². The molecule has 3 heteroatoms. The fourth-order valence-corrected chi connectivity index (χ4v) is 1.95. The van der Waals surface area contributed by atoms with E-state index in [1.54, 1.807) is 0 Å². The summed E-state index contributed by atoms with van der Waals surface area (Å²) in [5, 5.41) is 12.5. The van der Waals surface area contributed by atoms with E-state index in [9.17, 15) is 5.11 Å². The van der Waals surface area contributed by atoms with Crippen LogP contribution in [0.1, 0.15) is 37.3 Å². The maximum Gasteiger partial charge on any atom is 0.122 e. The van der Waals surface area contributed by atoms with Crippen LogP contribution < -0.4 is 10.1 Å². The molecule has 0 aliphatic rings. The Morgan fingerprint density at radius 1 is 1.26 bits per heavy atom. The Morgan fingerprint density at radius 2 is 2.00 bits per heavy atom. The second-order valence-electron chi connectivity index (χ2n) is 5.54. The molecule has 1 aromatic carbocycles. The lowest BCUT2D eigenvalue weighted by Crippen LogP contribution is -2.43. The molecule has 0 saturated carbocycles. The molecule has 0 aliphatic carbocycles.